The summed E-state index contributed by atoms with van der Waals surface area (Å²) in [6, 6.07) is -0.939. The Morgan fingerprint density at radius 2 is 0.814 bits per heavy atom. The van der Waals surface area contributed by atoms with Crippen LogP contribution in [0.1, 0.15) is 258 Å². The maximum atomic E-state index is 13.3. The molecule has 0 bridgehead atoms. The zero-order valence-electron chi connectivity index (χ0n) is 53.8. The number of amides is 1. The number of nitrogens with one attached hydrogen (secondary N) is 1. The van der Waals surface area contributed by atoms with Gasteiger partial charge in [0.25, 0.3) is 0 Å². The van der Waals surface area contributed by atoms with Crippen LogP contribution in [0.4, 0.5) is 0 Å². The van der Waals surface area contributed by atoms with Gasteiger partial charge in [-0.15, -0.1) is 0 Å². The molecular weight excluding hydrogens is 1090 g/mol. The van der Waals surface area contributed by atoms with Crippen molar-refractivity contribution >= 4 is 5.91 Å². The highest BCUT2D eigenvalue weighted by atomic mass is 16.7. The van der Waals surface area contributed by atoms with E-state index in [1.165, 1.54) is 148 Å². The minimum atomic E-state index is -1.80. The lowest BCUT2D eigenvalue weighted by molar-refractivity contribution is -0.359. The van der Waals surface area contributed by atoms with E-state index in [1.807, 2.05) is 6.08 Å². The molecule has 2 rings (SSSR count). The summed E-state index contributed by atoms with van der Waals surface area (Å²) >= 11 is 0. The van der Waals surface area contributed by atoms with Gasteiger partial charge in [-0.25, -0.2) is 0 Å². The van der Waals surface area contributed by atoms with Gasteiger partial charge >= 0.3 is 0 Å². The molecule has 2 fully saturated rings. The number of unbranched alkanes of at least 4 members (excludes halogenated alkanes) is 28. The number of ether oxygens (including phenoxy) is 4. The Balaban J connectivity index is 1.70. The second-order valence-corrected chi connectivity index (χ2v) is 23.9. The molecule has 0 saturated carbocycles. The third kappa shape index (κ3) is 39.8. The Labute approximate surface area is 522 Å². The van der Waals surface area contributed by atoms with Crippen molar-refractivity contribution in [3.05, 3.63) is 97.2 Å². The minimum absolute atomic E-state index is 0.253. The van der Waals surface area contributed by atoms with E-state index in [9.17, 15) is 45.6 Å². The van der Waals surface area contributed by atoms with Crippen molar-refractivity contribution in [1.82, 2.24) is 5.32 Å². The van der Waals surface area contributed by atoms with E-state index in [2.05, 4.69) is 104 Å². The average Bonchev–Trinajstić information content (AvgIpc) is 2.54. The van der Waals surface area contributed by atoms with Crippen LogP contribution in [0.15, 0.2) is 97.2 Å². The van der Waals surface area contributed by atoms with E-state index in [0.29, 0.717) is 12.8 Å². The molecule has 9 N–H and O–H groups in total. The molecule has 0 aromatic rings. The van der Waals surface area contributed by atoms with Crippen LogP contribution in [0.3, 0.4) is 0 Å². The van der Waals surface area contributed by atoms with Crippen LogP contribution in [-0.2, 0) is 23.7 Å². The Bertz CT molecular complexity index is 1810. The molecule has 0 aromatic heterocycles. The molecule has 0 aromatic carbocycles. The van der Waals surface area contributed by atoms with Crippen molar-refractivity contribution < 1.29 is 64.6 Å². The molecule has 0 aliphatic carbocycles. The predicted molar refractivity (Wildman–Crippen MR) is 350 cm³/mol. The maximum absolute atomic E-state index is 13.3. The highest BCUT2D eigenvalue weighted by Crippen LogP contribution is 2.30. The van der Waals surface area contributed by atoms with E-state index < -0.39 is 86.8 Å². The van der Waals surface area contributed by atoms with Crippen molar-refractivity contribution in [1.29, 1.82) is 0 Å². The van der Waals surface area contributed by atoms with Crippen LogP contribution in [0.25, 0.3) is 0 Å². The topological polar surface area (TPSA) is 228 Å². The predicted octanol–water partition coefficient (Wildman–Crippen LogP) is 13.8. The third-order valence-electron chi connectivity index (χ3n) is 16.3. The summed E-state index contributed by atoms with van der Waals surface area (Å²) in [5.74, 6) is -0.253. The molecule has 12 unspecified atom stereocenters. The van der Waals surface area contributed by atoms with Gasteiger partial charge in [-0.2, -0.15) is 0 Å². The molecule has 496 valence electrons. The van der Waals surface area contributed by atoms with E-state index in [4.69, 9.17) is 18.9 Å². The summed E-state index contributed by atoms with van der Waals surface area (Å²) in [7, 11) is 0. The molecular formula is C72H125NO13. The first-order valence-corrected chi connectivity index (χ1v) is 34.5. The molecule has 0 spiro atoms. The van der Waals surface area contributed by atoms with E-state index >= 15 is 0 Å². The van der Waals surface area contributed by atoms with Crippen LogP contribution in [0, 0.1) is 0 Å². The smallest absolute Gasteiger partial charge is 0.220 e. The van der Waals surface area contributed by atoms with Crippen LogP contribution in [0.2, 0.25) is 0 Å². The molecule has 14 nitrogen and oxygen atoms in total. The molecule has 2 saturated heterocycles. The molecule has 2 aliphatic rings. The number of allylic oxidation sites excluding steroid dienone is 15. The van der Waals surface area contributed by atoms with Crippen LogP contribution in [0.5, 0.6) is 0 Å². The van der Waals surface area contributed by atoms with Crippen molar-refractivity contribution in [3.8, 4) is 0 Å². The average molecular weight is 1210 g/mol. The van der Waals surface area contributed by atoms with Gasteiger partial charge in [-0.1, -0.05) is 265 Å². The second-order valence-electron chi connectivity index (χ2n) is 23.9. The van der Waals surface area contributed by atoms with Crippen molar-refractivity contribution in [3.63, 3.8) is 0 Å². The summed E-state index contributed by atoms with van der Waals surface area (Å²) in [6.07, 6.45) is 61.7. The fourth-order valence-electron chi connectivity index (χ4n) is 10.8. The normalized spacial score (nSPS) is 24.0. The fraction of sp³-hybridized carbons (Fsp3) is 0.764. The maximum Gasteiger partial charge on any atom is 0.220 e. The first-order valence-electron chi connectivity index (χ1n) is 34.5. The summed E-state index contributed by atoms with van der Waals surface area (Å²) < 4.78 is 22.8. The standard InChI is InChI=1S/C72H125NO13/c1-3-5-7-9-11-13-15-17-19-21-23-25-26-27-28-29-30-31-32-33-34-36-38-40-42-44-46-48-50-52-54-56-64(77)73-60(61(76)55-53-51-49-47-45-43-41-39-37-35-24-22-20-18-16-14-12-10-8-6-4-2)59-83-71-69(82)67(80)70(63(58-75)85-71)86-72-68(81)66(79)65(78)62(57-74)84-72/h5,7,11,13,17,19,23,25,27-28,30-31,45,47,53,55,60-63,65-72,74-76,78-82H,3-4,6,8-10,12,14-16,18,20-22,24,26,29,32-44,46,48-52,54,56-59H2,1-2H3,(H,73,77)/b7-5-,13-11-,19-17-,25-23-,28-27-,31-30-,47-45+,55-53+. The van der Waals surface area contributed by atoms with E-state index in [-0.39, 0.29) is 18.9 Å². The monoisotopic (exact) mass is 1210 g/mol. The molecule has 1 amide bonds. The largest absolute Gasteiger partial charge is 0.394 e. The Hall–Kier alpha value is -3.09. The highest BCUT2D eigenvalue weighted by molar-refractivity contribution is 5.76. The SMILES string of the molecule is CC/C=C\C/C=C\C/C=C\C/C=C\C/C=C\C/C=C\CCCCCCCCCCCCCCC(=O)NC(COC1OC(CO)C(OC2OC(CO)C(O)C(O)C2O)C(O)C1O)C(O)/C=C/CC/C=C/CCCCCCCCCCCCCCCCC. The Morgan fingerprint density at radius 3 is 1.28 bits per heavy atom. The number of aliphatic hydroxyl groups is 8. The quantitative estimate of drug-likeness (QED) is 0.0204. The van der Waals surface area contributed by atoms with E-state index in [0.717, 1.165) is 77.0 Å². The molecule has 14 heteroatoms. The van der Waals surface area contributed by atoms with Gasteiger partial charge in [0.15, 0.2) is 12.6 Å². The van der Waals surface area contributed by atoms with E-state index in [1.54, 1.807) is 6.08 Å². The van der Waals surface area contributed by atoms with Gasteiger partial charge in [0.2, 0.25) is 5.91 Å². The van der Waals surface area contributed by atoms with Crippen molar-refractivity contribution in [2.45, 2.75) is 331 Å². The summed E-state index contributed by atoms with van der Waals surface area (Å²) in [4.78, 5) is 13.3. The van der Waals surface area contributed by atoms with Gasteiger partial charge in [0.1, 0.15) is 48.8 Å². The summed E-state index contributed by atoms with van der Waals surface area (Å²) in [6.45, 7) is 2.68. The number of carbonyl (C=O) groups is 1. The van der Waals surface area contributed by atoms with Crippen molar-refractivity contribution in [2.24, 2.45) is 0 Å². The Kier molecular flexibility index (Phi) is 51.4. The number of carbonyl (C=O) groups excluding carboxylic acids is 1. The Morgan fingerprint density at radius 1 is 0.430 bits per heavy atom. The fourth-order valence-corrected chi connectivity index (χ4v) is 10.8. The van der Waals surface area contributed by atoms with Crippen molar-refractivity contribution in [2.75, 3.05) is 19.8 Å². The molecule has 2 heterocycles. The number of rotatable bonds is 55. The zero-order valence-corrected chi connectivity index (χ0v) is 53.8. The minimum Gasteiger partial charge on any atom is -0.394 e. The lowest BCUT2D eigenvalue weighted by Crippen LogP contribution is -2.65. The van der Waals surface area contributed by atoms with Crippen LogP contribution in [-0.4, -0.2) is 140 Å². The lowest BCUT2D eigenvalue weighted by atomic mass is 9.97. The summed E-state index contributed by atoms with van der Waals surface area (Å²) in [5, 5.41) is 87.4. The number of aliphatic hydroxyl groups excluding tert-OH is 8. The lowest BCUT2D eigenvalue weighted by Gasteiger charge is -2.46. The van der Waals surface area contributed by atoms with Gasteiger partial charge in [0.05, 0.1) is 32.0 Å². The highest BCUT2D eigenvalue weighted by Gasteiger charge is 2.51. The first-order chi connectivity index (χ1) is 42.1. The molecule has 0 radical (unpaired) electrons. The van der Waals surface area contributed by atoms with Crippen LogP contribution < -0.4 is 5.32 Å². The number of hydrogen-bond acceptors (Lipinski definition) is 13. The third-order valence-corrected chi connectivity index (χ3v) is 16.3. The summed E-state index contributed by atoms with van der Waals surface area (Å²) in [5.41, 5.74) is 0. The van der Waals surface area contributed by atoms with Gasteiger partial charge in [0, 0.05) is 6.42 Å². The number of hydrogen-bond donors (Lipinski definition) is 9. The van der Waals surface area contributed by atoms with Gasteiger partial charge in [-0.05, 0) is 83.5 Å². The molecule has 86 heavy (non-hydrogen) atoms. The van der Waals surface area contributed by atoms with Crippen LogP contribution >= 0.6 is 0 Å². The zero-order chi connectivity index (χ0) is 62.3. The molecule has 12 atom stereocenters. The first kappa shape index (κ1) is 79.0. The molecule has 2 aliphatic heterocycles. The van der Waals surface area contributed by atoms with Gasteiger partial charge in [-0.3, -0.25) is 4.79 Å². The second kappa shape index (κ2) is 55.9. The van der Waals surface area contributed by atoms with Gasteiger partial charge < -0.3 is 65.1 Å².